The van der Waals surface area contributed by atoms with Crippen molar-refractivity contribution >= 4 is 11.9 Å². The number of aromatic amines is 1. The fraction of sp³-hybridized carbons (Fsp3) is 0.421. The number of amides is 1. The van der Waals surface area contributed by atoms with Crippen molar-refractivity contribution in [1.82, 2.24) is 15.3 Å². The van der Waals surface area contributed by atoms with Crippen LogP contribution in [0.3, 0.4) is 0 Å². The van der Waals surface area contributed by atoms with Crippen molar-refractivity contribution in [2.45, 2.75) is 31.7 Å². The molecule has 0 bridgehead atoms. The molecule has 2 heterocycles. The highest BCUT2D eigenvalue weighted by Gasteiger charge is 2.31. The smallest absolute Gasteiger partial charge is 0.406 e. The lowest BCUT2D eigenvalue weighted by Crippen LogP contribution is -2.35. The molecule has 3 rings (SSSR count). The minimum Gasteiger partial charge on any atom is -0.406 e. The van der Waals surface area contributed by atoms with Gasteiger partial charge in [0.1, 0.15) is 11.4 Å². The Morgan fingerprint density at radius 3 is 2.50 bits per heavy atom. The Morgan fingerprint density at radius 2 is 1.90 bits per heavy atom. The predicted octanol–water partition coefficient (Wildman–Crippen LogP) is 2.12. The lowest BCUT2D eigenvalue weighted by Gasteiger charge is -2.27. The fourth-order valence-corrected chi connectivity index (χ4v) is 3.18. The third-order valence-corrected chi connectivity index (χ3v) is 4.62. The monoisotopic (exact) mass is 426 g/mol. The summed E-state index contributed by atoms with van der Waals surface area (Å²) in [6.07, 6.45) is -1.81. The van der Waals surface area contributed by atoms with Gasteiger partial charge in [0.25, 0.3) is 11.5 Å². The summed E-state index contributed by atoms with van der Waals surface area (Å²) in [5.74, 6) is -0.799. The van der Waals surface area contributed by atoms with Gasteiger partial charge in [-0.1, -0.05) is 12.1 Å². The molecule has 1 atom stereocenters. The Hall–Kier alpha value is -3.08. The molecule has 162 valence electrons. The maximum atomic E-state index is 12.6. The van der Waals surface area contributed by atoms with E-state index in [0.29, 0.717) is 11.5 Å². The van der Waals surface area contributed by atoms with Crippen LogP contribution in [0.5, 0.6) is 5.75 Å². The molecule has 1 saturated heterocycles. The molecule has 0 spiro atoms. The van der Waals surface area contributed by atoms with E-state index in [1.54, 1.807) is 0 Å². The van der Waals surface area contributed by atoms with Gasteiger partial charge in [0, 0.05) is 19.2 Å². The van der Waals surface area contributed by atoms with Crippen LogP contribution < -0.4 is 20.5 Å². The van der Waals surface area contributed by atoms with Crippen LogP contribution in [0.1, 0.15) is 41.4 Å². The van der Waals surface area contributed by atoms with Gasteiger partial charge in [0.2, 0.25) is 5.95 Å². The van der Waals surface area contributed by atoms with Gasteiger partial charge in [-0.05, 0) is 37.0 Å². The number of aliphatic hydroxyl groups is 1. The minimum absolute atomic E-state index is 0.116. The van der Waals surface area contributed by atoms with Crippen molar-refractivity contribution in [3.63, 3.8) is 0 Å². The van der Waals surface area contributed by atoms with Crippen molar-refractivity contribution < 1.29 is 27.8 Å². The lowest BCUT2D eigenvalue weighted by molar-refractivity contribution is -0.274. The Kier molecular flexibility index (Phi) is 6.60. The van der Waals surface area contributed by atoms with Gasteiger partial charge in [0.15, 0.2) is 0 Å². The van der Waals surface area contributed by atoms with E-state index < -0.39 is 36.2 Å². The number of ether oxygens (including phenoxy) is 1. The van der Waals surface area contributed by atoms with E-state index in [0.717, 1.165) is 50.6 Å². The second-order valence-electron chi connectivity index (χ2n) is 6.83. The highest BCUT2D eigenvalue weighted by atomic mass is 19.4. The normalized spacial score (nSPS) is 15.5. The van der Waals surface area contributed by atoms with Crippen molar-refractivity contribution in [3.8, 4) is 5.75 Å². The molecule has 3 N–H and O–H groups in total. The summed E-state index contributed by atoms with van der Waals surface area (Å²) in [4.78, 5) is 33.3. The predicted molar refractivity (Wildman–Crippen MR) is 101 cm³/mol. The van der Waals surface area contributed by atoms with Crippen LogP contribution in [0, 0.1) is 0 Å². The van der Waals surface area contributed by atoms with Gasteiger partial charge in [-0.15, -0.1) is 13.2 Å². The third kappa shape index (κ3) is 5.72. The first-order valence-electron chi connectivity index (χ1n) is 9.39. The molecule has 1 unspecified atom stereocenters. The number of halogens is 3. The van der Waals surface area contributed by atoms with Gasteiger partial charge in [0.05, 0.1) is 12.6 Å². The van der Waals surface area contributed by atoms with E-state index in [4.69, 9.17) is 0 Å². The minimum atomic E-state index is -4.82. The topological polar surface area (TPSA) is 108 Å². The second-order valence-corrected chi connectivity index (χ2v) is 6.83. The maximum Gasteiger partial charge on any atom is 0.573 e. The van der Waals surface area contributed by atoms with Gasteiger partial charge in [-0.25, -0.2) is 4.98 Å². The fourth-order valence-electron chi connectivity index (χ4n) is 3.18. The SMILES string of the molecule is O=C(NC(CO)c1ccc(OC(F)(F)F)cc1)c1cc(=O)[nH]c(N2CCCCC2)n1. The number of alkyl halides is 3. The standard InChI is InChI=1S/C19H21F3N4O4/c20-19(21,22)30-13-6-4-12(5-7-13)15(11-27)23-17(29)14-10-16(28)25-18(24-14)26-8-2-1-3-9-26/h4-7,10,15,27H,1-3,8-9,11H2,(H,23,29)(H,24,25,28). The summed E-state index contributed by atoms with van der Waals surface area (Å²) in [5.41, 5.74) is -0.235. The number of carbonyl (C=O) groups excluding carboxylic acids is 1. The zero-order valence-electron chi connectivity index (χ0n) is 15.9. The Bertz CT molecular complexity index is 925. The number of piperidine rings is 1. The van der Waals surface area contributed by atoms with Crippen LogP contribution in [0.2, 0.25) is 0 Å². The molecule has 1 fully saturated rings. The zero-order valence-corrected chi connectivity index (χ0v) is 15.9. The van der Waals surface area contributed by atoms with E-state index in [1.807, 2.05) is 4.90 Å². The first-order valence-corrected chi connectivity index (χ1v) is 9.39. The number of aromatic nitrogens is 2. The van der Waals surface area contributed by atoms with Gasteiger partial charge >= 0.3 is 6.36 Å². The Balaban J connectivity index is 1.73. The van der Waals surface area contributed by atoms with Gasteiger partial charge in [-0.3, -0.25) is 14.6 Å². The van der Waals surface area contributed by atoms with Crippen molar-refractivity contribution in [2.75, 3.05) is 24.6 Å². The number of H-pyrrole nitrogens is 1. The van der Waals surface area contributed by atoms with Crippen LogP contribution in [0.15, 0.2) is 35.1 Å². The number of hydrogen-bond donors (Lipinski definition) is 3. The third-order valence-electron chi connectivity index (χ3n) is 4.62. The molecular formula is C19H21F3N4O4. The van der Waals surface area contributed by atoms with E-state index in [9.17, 15) is 27.9 Å². The largest absolute Gasteiger partial charge is 0.573 e. The van der Waals surface area contributed by atoms with Gasteiger partial charge in [-0.2, -0.15) is 0 Å². The van der Waals surface area contributed by atoms with Crippen LogP contribution >= 0.6 is 0 Å². The Morgan fingerprint density at radius 1 is 1.23 bits per heavy atom. The number of nitrogens with zero attached hydrogens (tertiary/aromatic N) is 2. The molecule has 11 heteroatoms. The first kappa shape index (κ1) is 21.6. The van der Waals surface area contributed by atoms with Crippen molar-refractivity contribution in [3.05, 3.63) is 51.9 Å². The number of nitrogens with one attached hydrogen (secondary N) is 2. The molecule has 1 aromatic heterocycles. The maximum absolute atomic E-state index is 12.6. The van der Waals surface area contributed by atoms with E-state index in [1.165, 1.54) is 12.1 Å². The quantitative estimate of drug-likeness (QED) is 0.653. The number of rotatable bonds is 6. The molecule has 1 aliphatic heterocycles. The summed E-state index contributed by atoms with van der Waals surface area (Å²) >= 11 is 0. The molecule has 0 saturated carbocycles. The van der Waals surface area contributed by atoms with E-state index in [2.05, 4.69) is 20.0 Å². The average molecular weight is 426 g/mol. The zero-order chi connectivity index (χ0) is 21.7. The van der Waals surface area contributed by atoms with Crippen LogP contribution in [-0.2, 0) is 0 Å². The summed E-state index contributed by atoms with van der Waals surface area (Å²) in [6, 6.07) is 4.91. The van der Waals surface area contributed by atoms with Crippen LogP contribution in [0.4, 0.5) is 19.1 Å². The molecule has 0 radical (unpaired) electrons. The summed E-state index contributed by atoms with van der Waals surface area (Å²) in [7, 11) is 0. The summed E-state index contributed by atoms with van der Waals surface area (Å²) in [6.45, 7) is 0.937. The molecule has 1 amide bonds. The van der Waals surface area contributed by atoms with E-state index >= 15 is 0 Å². The lowest BCUT2D eigenvalue weighted by atomic mass is 10.1. The van der Waals surface area contributed by atoms with Crippen molar-refractivity contribution in [2.24, 2.45) is 0 Å². The number of hydrogen-bond acceptors (Lipinski definition) is 6. The van der Waals surface area contributed by atoms with Gasteiger partial charge < -0.3 is 20.1 Å². The number of aliphatic hydroxyl groups excluding tert-OH is 1. The van der Waals surface area contributed by atoms with Crippen molar-refractivity contribution in [1.29, 1.82) is 0 Å². The second kappa shape index (κ2) is 9.16. The molecule has 8 nitrogen and oxygen atoms in total. The Labute approximate surface area is 169 Å². The first-order chi connectivity index (χ1) is 14.2. The molecule has 1 aliphatic rings. The van der Waals surface area contributed by atoms with Crippen LogP contribution in [-0.4, -0.2) is 47.0 Å². The molecule has 1 aromatic carbocycles. The number of anilines is 1. The van der Waals surface area contributed by atoms with Crippen LogP contribution in [0.25, 0.3) is 0 Å². The molecule has 30 heavy (non-hydrogen) atoms. The molecule has 0 aliphatic carbocycles. The highest BCUT2D eigenvalue weighted by Crippen LogP contribution is 2.24. The number of carbonyl (C=O) groups is 1. The number of benzene rings is 1. The summed E-state index contributed by atoms with van der Waals surface area (Å²) < 4.78 is 40.6. The van der Waals surface area contributed by atoms with E-state index in [-0.39, 0.29) is 5.69 Å². The molecule has 2 aromatic rings. The highest BCUT2D eigenvalue weighted by molar-refractivity contribution is 5.92. The summed E-state index contributed by atoms with van der Waals surface area (Å²) in [5, 5.41) is 12.2. The molecular weight excluding hydrogens is 405 g/mol. The average Bonchev–Trinajstić information content (AvgIpc) is 2.71.